The van der Waals surface area contributed by atoms with Crippen LogP contribution in [-0.2, 0) is 4.79 Å². The highest BCUT2D eigenvalue weighted by molar-refractivity contribution is 8.06. The van der Waals surface area contributed by atoms with Crippen molar-refractivity contribution in [3.05, 3.63) is 46.4 Å². The molecule has 1 saturated heterocycles. The number of hydrogen-bond acceptors (Lipinski definition) is 5. The van der Waals surface area contributed by atoms with Crippen molar-refractivity contribution in [1.82, 2.24) is 10.2 Å². The molecule has 0 aromatic heterocycles. The predicted octanol–water partition coefficient (Wildman–Crippen LogP) is 4.67. The van der Waals surface area contributed by atoms with E-state index in [4.69, 9.17) is 0 Å². The van der Waals surface area contributed by atoms with E-state index in [9.17, 15) is 13.7 Å². The molecule has 1 unspecified atom stereocenters. The number of hydrogen-bond donors (Lipinski definition) is 1. The molecule has 0 aromatic carbocycles. The maximum Gasteiger partial charge on any atom is 0.223 e. The van der Waals surface area contributed by atoms with Crippen molar-refractivity contribution in [2.45, 2.75) is 45.1 Å². The Kier molecular flexibility index (Phi) is 8.01. The zero-order valence-electron chi connectivity index (χ0n) is 17.2. The molecule has 2 heterocycles. The molecule has 0 aromatic rings. The maximum atomic E-state index is 13.4. The van der Waals surface area contributed by atoms with Crippen molar-refractivity contribution >= 4 is 29.2 Å². The van der Waals surface area contributed by atoms with Crippen LogP contribution in [0.2, 0.25) is 0 Å². The second kappa shape index (κ2) is 10.7. The number of thioether (sulfide) groups is 1. The van der Waals surface area contributed by atoms with Gasteiger partial charge in [-0.3, -0.25) is 9.79 Å². The highest BCUT2D eigenvalue weighted by atomic mass is 32.2. The van der Waals surface area contributed by atoms with E-state index in [-0.39, 0.29) is 30.1 Å². The minimum atomic E-state index is -0.698. The van der Waals surface area contributed by atoms with Crippen molar-refractivity contribution in [2.24, 2.45) is 16.1 Å². The summed E-state index contributed by atoms with van der Waals surface area (Å²) >= 11 is 1.47. The maximum absolute atomic E-state index is 13.4. The lowest BCUT2D eigenvalue weighted by Crippen LogP contribution is -2.41. The molecule has 1 saturated carbocycles. The van der Waals surface area contributed by atoms with Crippen LogP contribution in [0.25, 0.3) is 0 Å². The molecule has 8 heteroatoms. The van der Waals surface area contributed by atoms with Gasteiger partial charge in [0.1, 0.15) is 18.2 Å². The summed E-state index contributed by atoms with van der Waals surface area (Å²) in [6.07, 6.45) is 9.11. The second-order valence-corrected chi connectivity index (χ2v) is 8.60. The summed E-state index contributed by atoms with van der Waals surface area (Å²) in [5, 5.41) is 7.96. The van der Waals surface area contributed by atoms with Gasteiger partial charge >= 0.3 is 0 Å². The van der Waals surface area contributed by atoms with E-state index in [1.807, 2.05) is 23.3 Å². The van der Waals surface area contributed by atoms with Gasteiger partial charge in [-0.15, -0.1) is 0 Å². The summed E-state index contributed by atoms with van der Waals surface area (Å²) in [6.45, 7) is 6.13. The van der Waals surface area contributed by atoms with Crippen molar-refractivity contribution in [1.29, 1.82) is 0 Å². The third-order valence-corrected chi connectivity index (χ3v) is 6.47. The Morgan fingerprint density at radius 1 is 1.43 bits per heavy atom. The van der Waals surface area contributed by atoms with Gasteiger partial charge < -0.3 is 10.2 Å². The molecule has 0 radical (unpaired) electrons. The number of carbonyl (C=O) groups excluding carboxylic acids is 1. The monoisotopic (exact) mass is 434 g/mol. The summed E-state index contributed by atoms with van der Waals surface area (Å²) in [7, 11) is 0. The number of carbonyl (C=O) groups is 1. The number of amidine groups is 1. The Morgan fingerprint density at radius 2 is 2.20 bits per heavy atom. The van der Waals surface area contributed by atoms with E-state index in [1.54, 1.807) is 0 Å². The van der Waals surface area contributed by atoms with Crippen molar-refractivity contribution in [3.8, 4) is 0 Å². The van der Waals surface area contributed by atoms with Crippen LogP contribution in [0.15, 0.2) is 56.6 Å². The van der Waals surface area contributed by atoms with Crippen molar-refractivity contribution < 1.29 is 13.7 Å². The number of alkyl halides is 1. The Hall–Kier alpha value is -2.22. The molecule has 1 amide bonds. The van der Waals surface area contributed by atoms with Crippen LogP contribution in [0.3, 0.4) is 0 Å². The first-order chi connectivity index (χ1) is 14.6. The van der Waals surface area contributed by atoms with E-state index in [0.717, 1.165) is 42.1 Å². The van der Waals surface area contributed by atoms with Crippen LogP contribution >= 0.6 is 11.8 Å². The lowest BCUT2D eigenvalue weighted by Gasteiger charge is -2.29. The lowest BCUT2D eigenvalue weighted by atomic mass is 10.0. The highest BCUT2D eigenvalue weighted by Crippen LogP contribution is 2.34. The molecule has 0 spiro atoms. The number of aliphatic imine (C=N–C) groups is 1. The minimum absolute atomic E-state index is 0.0740. The molecule has 30 heavy (non-hydrogen) atoms. The number of fused-ring (bicyclic) bond motifs is 1. The first-order valence-corrected chi connectivity index (χ1v) is 11.2. The van der Waals surface area contributed by atoms with Gasteiger partial charge in [-0.1, -0.05) is 53.0 Å². The number of nitrogens with one attached hydrogen (secondary N) is 1. The number of rotatable bonds is 8. The van der Waals surface area contributed by atoms with Crippen LogP contribution in [-0.4, -0.2) is 48.2 Å². The highest BCUT2D eigenvalue weighted by Gasteiger charge is 2.37. The predicted molar refractivity (Wildman–Crippen MR) is 120 cm³/mol. The second-order valence-electron chi connectivity index (χ2n) is 7.60. The molecule has 162 valence electrons. The Balaban J connectivity index is 1.84. The Morgan fingerprint density at radius 3 is 2.87 bits per heavy atom. The molecule has 1 aliphatic carbocycles. The largest absolute Gasteiger partial charge is 0.351 e. The van der Waals surface area contributed by atoms with Gasteiger partial charge in [0.15, 0.2) is 0 Å². The van der Waals surface area contributed by atoms with Gasteiger partial charge in [-0.2, -0.15) is 0 Å². The fourth-order valence-electron chi connectivity index (χ4n) is 4.18. The summed E-state index contributed by atoms with van der Waals surface area (Å²) < 4.78 is 25.9. The molecule has 2 fully saturated rings. The van der Waals surface area contributed by atoms with Gasteiger partial charge in [0.2, 0.25) is 5.91 Å². The van der Waals surface area contributed by atoms with Crippen molar-refractivity contribution in [2.75, 3.05) is 19.8 Å². The van der Waals surface area contributed by atoms with E-state index >= 15 is 0 Å². The third-order valence-electron chi connectivity index (χ3n) is 5.59. The van der Waals surface area contributed by atoms with Crippen LogP contribution < -0.4 is 5.32 Å². The van der Waals surface area contributed by atoms with Gasteiger partial charge in [0.05, 0.1) is 12.6 Å². The fraction of sp³-hybridized carbons (Fsp3) is 0.500. The summed E-state index contributed by atoms with van der Waals surface area (Å²) in [5.74, 6) is 0.902. The van der Waals surface area contributed by atoms with E-state index in [2.05, 4.69) is 22.1 Å². The fourth-order valence-corrected chi connectivity index (χ4v) is 4.76. The van der Waals surface area contributed by atoms with Gasteiger partial charge in [-0.05, 0) is 31.2 Å². The normalized spacial score (nSPS) is 22.9. The minimum Gasteiger partial charge on any atom is -0.351 e. The van der Waals surface area contributed by atoms with Crippen LogP contribution in [0, 0.1) is 5.92 Å². The molecule has 2 aliphatic heterocycles. The first-order valence-electron chi connectivity index (χ1n) is 10.3. The molecule has 3 rings (SSSR count). The quantitative estimate of drug-likeness (QED) is 0.565. The van der Waals surface area contributed by atoms with Gasteiger partial charge in [-0.25, -0.2) is 4.39 Å². The average Bonchev–Trinajstić information content (AvgIpc) is 3.42. The van der Waals surface area contributed by atoms with Crippen LogP contribution in [0.5, 0.6) is 0 Å². The smallest absolute Gasteiger partial charge is 0.223 e. The molecule has 1 atom stereocenters. The third kappa shape index (κ3) is 5.09. The Bertz CT molecular complexity index is 825. The molecular weight excluding hydrogens is 406 g/mol. The average molecular weight is 435 g/mol. The summed E-state index contributed by atoms with van der Waals surface area (Å²) in [4.78, 5) is 20.0. The summed E-state index contributed by atoms with van der Waals surface area (Å²) in [6, 6.07) is -0.100. The number of nitrogens with zero attached hydrogens (tertiary/aromatic N) is 3. The summed E-state index contributed by atoms with van der Waals surface area (Å²) in [5.41, 5.74) is 1.55. The van der Waals surface area contributed by atoms with E-state index < -0.39 is 6.67 Å². The lowest BCUT2D eigenvalue weighted by molar-refractivity contribution is -0.125. The number of amides is 1. The molecule has 3 aliphatic rings. The standard InChI is InChI=1S/C22H28F2N4OS/c1-3-11-30-15(2)21-25-13-18(19(27-24)9-6-10-23)20-12-17(14-28(20)21)26-22(29)16-7-4-5-8-16/h3,6,9,11,16-17H,2,4-5,7-8,10,12-14H2,1H3,(H,26,29)/b9-6-,11-3-,27-19?. The molecule has 5 nitrogen and oxygen atoms in total. The zero-order chi connectivity index (χ0) is 21.5. The van der Waals surface area contributed by atoms with Crippen molar-refractivity contribution in [3.63, 3.8) is 0 Å². The topological polar surface area (TPSA) is 57.1 Å². The zero-order valence-corrected chi connectivity index (χ0v) is 18.1. The number of allylic oxidation sites excluding steroid dienone is 3. The molecule has 1 N–H and O–H groups in total. The molecular formula is C22H28F2N4OS. The van der Waals surface area contributed by atoms with Crippen LogP contribution in [0.4, 0.5) is 8.87 Å². The molecule has 0 bridgehead atoms. The van der Waals surface area contributed by atoms with E-state index in [1.165, 1.54) is 23.9 Å². The van der Waals surface area contributed by atoms with E-state index in [0.29, 0.717) is 18.5 Å². The first kappa shape index (κ1) is 22.5. The number of halogens is 2. The van der Waals surface area contributed by atoms with Gasteiger partial charge in [0, 0.05) is 35.1 Å². The SMILES string of the molecule is C=C(S/C=C\C)C1=NCC(C(/C=C\CF)=NF)=C2CC(NC(=O)C3CCCC3)CN12. The van der Waals surface area contributed by atoms with Crippen LogP contribution in [0.1, 0.15) is 39.0 Å². The Labute approximate surface area is 180 Å². The van der Waals surface area contributed by atoms with Gasteiger partial charge in [0.25, 0.3) is 0 Å².